The van der Waals surface area contributed by atoms with Gasteiger partial charge in [0, 0.05) is 11.8 Å². The third-order valence-electron chi connectivity index (χ3n) is 4.85. The van der Waals surface area contributed by atoms with Crippen molar-refractivity contribution in [3.8, 4) is 11.3 Å². The second kappa shape index (κ2) is 8.62. The number of aromatic nitrogens is 1. The molecule has 1 aliphatic heterocycles. The van der Waals surface area contributed by atoms with Crippen molar-refractivity contribution in [2.75, 3.05) is 13.2 Å². The predicted octanol–water partition coefficient (Wildman–Crippen LogP) is 4.02. The molecule has 3 heterocycles. The van der Waals surface area contributed by atoms with E-state index in [1.165, 1.54) is 12.1 Å². The molecule has 8 heteroatoms. The number of hydrogen-bond acceptors (Lipinski definition) is 5. The number of ether oxygens (including phenoxy) is 1. The lowest BCUT2D eigenvalue weighted by Gasteiger charge is -2.25. The Labute approximate surface area is 178 Å². The van der Waals surface area contributed by atoms with E-state index >= 15 is 0 Å². The molecule has 2 atom stereocenters. The topological polar surface area (TPSA) is 67.6 Å². The van der Waals surface area contributed by atoms with Gasteiger partial charge in [0.05, 0.1) is 18.3 Å². The molecule has 154 valence electrons. The second-order valence-electron chi connectivity index (χ2n) is 6.77. The molecule has 0 bridgehead atoms. The van der Waals surface area contributed by atoms with Crippen molar-refractivity contribution < 1.29 is 18.3 Å². The van der Waals surface area contributed by atoms with Crippen LogP contribution in [0.1, 0.15) is 30.5 Å². The summed E-state index contributed by atoms with van der Waals surface area (Å²) < 4.78 is 24.5. The maximum atomic E-state index is 13.3. The Balaban J connectivity index is 1.70. The van der Waals surface area contributed by atoms with Gasteiger partial charge < -0.3 is 19.4 Å². The Morgan fingerprint density at radius 3 is 2.73 bits per heavy atom. The van der Waals surface area contributed by atoms with Crippen LogP contribution in [0, 0.1) is 5.82 Å². The number of pyridine rings is 1. The van der Waals surface area contributed by atoms with Crippen molar-refractivity contribution in [1.29, 1.82) is 0 Å². The van der Waals surface area contributed by atoms with E-state index in [1.807, 2.05) is 30.3 Å². The number of thiocarbonyl (C=S) groups is 1. The van der Waals surface area contributed by atoms with Gasteiger partial charge in [-0.3, -0.25) is 9.78 Å². The first-order chi connectivity index (χ1) is 14.6. The highest BCUT2D eigenvalue weighted by Crippen LogP contribution is 2.40. The van der Waals surface area contributed by atoms with Crippen LogP contribution in [0.25, 0.3) is 11.3 Å². The molecule has 0 radical (unpaired) electrons. The van der Waals surface area contributed by atoms with Gasteiger partial charge in [-0.05, 0) is 67.7 Å². The van der Waals surface area contributed by atoms with E-state index in [0.717, 1.165) is 11.3 Å². The standard InChI is InChI=1S/C22H20FN3O3S/c1-2-28-19(27)13-26-21(20(25-22(26)30)16-5-3-4-12-24-16)18-11-10-17(29-18)14-6-8-15(23)9-7-14/h3-12,20-21H,2,13H2,1H3,(H,25,30)/t20-,21+/m1/s1. The Morgan fingerprint density at radius 1 is 1.23 bits per heavy atom. The molecule has 0 unspecified atom stereocenters. The number of nitrogens with one attached hydrogen (secondary N) is 1. The van der Waals surface area contributed by atoms with E-state index < -0.39 is 6.04 Å². The van der Waals surface area contributed by atoms with Crippen molar-refractivity contribution in [2.24, 2.45) is 0 Å². The predicted molar refractivity (Wildman–Crippen MR) is 113 cm³/mol. The van der Waals surface area contributed by atoms with E-state index in [4.69, 9.17) is 21.4 Å². The molecule has 0 amide bonds. The van der Waals surface area contributed by atoms with Crippen LogP contribution in [0.15, 0.2) is 65.2 Å². The highest BCUT2D eigenvalue weighted by Gasteiger charge is 2.42. The average molecular weight is 425 g/mol. The normalized spacial score (nSPS) is 18.3. The number of rotatable bonds is 6. The minimum atomic E-state index is -0.397. The lowest BCUT2D eigenvalue weighted by atomic mass is 10.0. The van der Waals surface area contributed by atoms with E-state index in [9.17, 15) is 9.18 Å². The van der Waals surface area contributed by atoms with Gasteiger partial charge in [-0.25, -0.2) is 4.39 Å². The van der Waals surface area contributed by atoms with Crippen molar-refractivity contribution in [3.63, 3.8) is 0 Å². The highest BCUT2D eigenvalue weighted by molar-refractivity contribution is 7.80. The zero-order valence-corrected chi connectivity index (χ0v) is 17.1. The maximum Gasteiger partial charge on any atom is 0.325 e. The van der Waals surface area contributed by atoms with Crippen molar-refractivity contribution in [1.82, 2.24) is 15.2 Å². The van der Waals surface area contributed by atoms with E-state index in [1.54, 1.807) is 30.2 Å². The van der Waals surface area contributed by atoms with Crippen molar-refractivity contribution in [2.45, 2.75) is 19.0 Å². The van der Waals surface area contributed by atoms with Gasteiger partial charge in [0.15, 0.2) is 5.11 Å². The Morgan fingerprint density at radius 2 is 2.03 bits per heavy atom. The first-order valence-corrected chi connectivity index (χ1v) is 9.97. The highest BCUT2D eigenvalue weighted by atomic mass is 32.1. The molecule has 1 N–H and O–H groups in total. The van der Waals surface area contributed by atoms with Gasteiger partial charge in [-0.15, -0.1) is 0 Å². The summed E-state index contributed by atoms with van der Waals surface area (Å²) in [5.74, 6) is 0.519. The van der Waals surface area contributed by atoms with Crippen molar-refractivity contribution >= 4 is 23.3 Å². The van der Waals surface area contributed by atoms with E-state index in [-0.39, 0.29) is 31.0 Å². The van der Waals surface area contributed by atoms with Crippen LogP contribution < -0.4 is 5.32 Å². The van der Waals surface area contributed by atoms with Crippen molar-refractivity contribution in [3.05, 3.63) is 78.1 Å². The molecule has 30 heavy (non-hydrogen) atoms. The smallest absolute Gasteiger partial charge is 0.325 e. The van der Waals surface area contributed by atoms with Gasteiger partial charge >= 0.3 is 5.97 Å². The molecular formula is C22H20FN3O3S. The fourth-order valence-corrected chi connectivity index (χ4v) is 3.82. The molecule has 0 aliphatic carbocycles. The van der Waals surface area contributed by atoms with Crippen LogP contribution in [0.4, 0.5) is 4.39 Å². The number of nitrogens with zero attached hydrogens (tertiary/aromatic N) is 2. The summed E-state index contributed by atoms with van der Waals surface area (Å²) in [6.45, 7) is 2.03. The molecule has 0 spiro atoms. The molecule has 1 fully saturated rings. The average Bonchev–Trinajstić information content (AvgIpc) is 3.35. The third-order valence-corrected chi connectivity index (χ3v) is 5.20. The van der Waals surface area contributed by atoms with Crippen LogP contribution in [-0.4, -0.2) is 34.1 Å². The number of benzene rings is 1. The molecule has 0 saturated carbocycles. The zero-order valence-electron chi connectivity index (χ0n) is 16.2. The number of furan rings is 1. The zero-order chi connectivity index (χ0) is 21.1. The lowest BCUT2D eigenvalue weighted by Crippen LogP contribution is -2.35. The van der Waals surface area contributed by atoms with Crippen LogP contribution >= 0.6 is 12.2 Å². The maximum absolute atomic E-state index is 13.3. The first kappa shape index (κ1) is 20.0. The van der Waals surface area contributed by atoms with E-state index in [0.29, 0.717) is 16.6 Å². The number of halogens is 1. The van der Waals surface area contributed by atoms with Gasteiger partial charge in [0.2, 0.25) is 0 Å². The van der Waals surface area contributed by atoms with Crippen LogP contribution in [-0.2, 0) is 9.53 Å². The lowest BCUT2D eigenvalue weighted by molar-refractivity contribution is -0.143. The fourth-order valence-electron chi connectivity index (χ4n) is 3.51. The molecule has 2 aromatic heterocycles. The summed E-state index contributed by atoms with van der Waals surface area (Å²) in [6, 6.07) is 14.7. The molecule has 1 aliphatic rings. The molecule has 1 saturated heterocycles. The van der Waals surface area contributed by atoms with Gasteiger partial charge in [-0.1, -0.05) is 6.07 Å². The third kappa shape index (κ3) is 4.04. The molecule has 6 nitrogen and oxygen atoms in total. The first-order valence-electron chi connectivity index (χ1n) is 9.56. The minimum Gasteiger partial charge on any atom is -0.465 e. The number of carbonyl (C=O) groups excluding carboxylic acids is 1. The van der Waals surface area contributed by atoms with Gasteiger partial charge in [-0.2, -0.15) is 0 Å². The SMILES string of the molecule is CCOC(=O)CN1C(=S)N[C@H](c2ccccn2)[C@@H]1c1ccc(-c2ccc(F)cc2)o1. The van der Waals surface area contributed by atoms with Crippen LogP contribution in [0.3, 0.4) is 0 Å². The monoisotopic (exact) mass is 425 g/mol. The summed E-state index contributed by atoms with van der Waals surface area (Å²) >= 11 is 5.51. The number of esters is 1. The molecule has 3 aromatic rings. The summed E-state index contributed by atoms with van der Waals surface area (Å²) in [6.07, 6.45) is 1.71. The Bertz CT molecular complexity index is 1040. The number of hydrogen-bond donors (Lipinski definition) is 1. The summed E-state index contributed by atoms with van der Waals surface area (Å²) in [5, 5.41) is 3.67. The summed E-state index contributed by atoms with van der Waals surface area (Å²) in [7, 11) is 0. The Kier molecular flexibility index (Phi) is 5.76. The molecule has 4 rings (SSSR count). The van der Waals surface area contributed by atoms with Crippen LogP contribution in [0.2, 0.25) is 0 Å². The largest absolute Gasteiger partial charge is 0.465 e. The van der Waals surface area contributed by atoms with Gasteiger partial charge in [0.25, 0.3) is 0 Å². The molecule has 1 aromatic carbocycles. The van der Waals surface area contributed by atoms with Gasteiger partial charge in [0.1, 0.15) is 29.9 Å². The quantitative estimate of drug-likeness (QED) is 0.473. The fraction of sp³-hybridized carbons (Fsp3) is 0.227. The van der Waals surface area contributed by atoms with E-state index in [2.05, 4.69) is 10.3 Å². The Hall–Kier alpha value is -3.26. The minimum absolute atomic E-state index is 0.0136. The van der Waals surface area contributed by atoms with Crippen LogP contribution in [0.5, 0.6) is 0 Å². The summed E-state index contributed by atoms with van der Waals surface area (Å²) in [4.78, 5) is 18.4. The molecular weight excluding hydrogens is 405 g/mol. The second-order valence-corrected chi connectivity index (χ2v) is 7.16. The summed E-state index contributed by atoms with van der Waals surface area (Å²) in [5.41, 5.74) is 1.53. The number of carbonyl (C=O) groups is 1.